The van der Waals surface area contributed by atoms with Crippen LogP contribution in [0.2, 0.25) is 5.02 Å². The van der Waals surface area contributed by atoms with Crippen LogP contribution in [0.1, 0.15) is 43.2 Å². The molecule has 0 bridgehead atoms. The molecule has 0 radical (unpaired) electrons. The van der Waals surface area contributed by atoms with Gasteiger partial charge in [0.1, 0.15) is 0 Å². The first-order chi connectivity index (χ1) is 13.4. The molecule has 2 heterocycles. The molecule has 0 saturated carbocycles. The number of rotatable bonds is 5. The quantitative estimate of drug-likeness (QED) is 0.557. The summed E-state index contributed by atoms with van der Waals surface area (Å²) in [6.07, 6.45) is 2.96. The zero-order valence-electron chi connectivity index (χ0n) is 16.5. The number of hydrogen-bond acceptors (Lipinski definition) is 3. The minimum atomic E-state index is 0.0169. The van der Waals surface area contributed by atoms with Crippen LogP contribution in [-0.2, 0) is 34.8 Å². The van der Waals surface area contributed by atoms with E-state index in [9.17, 15) is 0 Å². The lowest BCUT2D eigenvalue weighted by atomic mass is 9.87. The summed E-state index contributed by atoms with van der Waals surface area (Å²) >= 11 is 6.07. The van der Waals surface area contributed by atoms with Gasteiger partial charge in [-0.2, -0.15) is 0 Å². The second kappa shape index (κ2) is 7.80. The first-order valence-corrected chi connectivity index (χ1v) is 11.4. The largest absolute Gasteiger partial charge is 0.248 e. The summed E-state index contributed by atoms with van der Waals surface area (Å²) in [6.45, 7) is 7.44. The lowest BCUT2D eigenvalue weighted by Crippen LogP contribution is -2.11. The zero-order valence-corrected chi connectivity index (χ0v) is 18.1. The molecule has 0 fully saturated rings. The van der Waals surface area contributed by atoms with E-state index in [0.717, 1.165) is 40.9 Å². The molecule has 4 rings (SSSR count). The van der Waals surface area contributed by atoms with Crippen LogP contribution in [0.3, 0.4) is 0 Å². The number of hydrogen-bond donors (Lipinski definition) is 0. The van der Waals surface area contributed by atoms with Gasteiger partial charge in [0, 0.05) is 29.1 Å². The highest BCUT2D eigenvalue weighted by Gasteiger charge is 2.15. The highest BCUT2D eigenvalue weighted by Crippen LogP contribution is 2.31. The van der Waals surface area contributed by atoms with E-state index in [1.165, 1.54) is 16.7 Å². The Morgan fingerprint density at radius 3 is 2.64 bits per heavy atom. The second-order valence-corrected chi connectivity index (χ2v) is 10.5. The van der Waals surface area contributed by atoms with E-state index in [1.807, 2.05) is 16.8 Å². The average Bonchev–Trinajstić information content (AvgIpc) is 3.25. The fraction of sp³-hybridized carbons (Fsp3) is 0.364. The maximum absolute atomic E-state index is 6.07. The minimum absolute atomic E-state index is 0.0169. The van der Waals surface area contributed by atoms with Gasteiger partial charge in [0.2, 0.25) is 0 Å². The molecule has 4 nitrogen and oxygen atoms in total. The Morgan fingerprint density at radius 2 is 1.89 bits per heavy atom. The van der Waals surface area contributed by atoms with Crippen LogP contribution in [0, 0.1) is 0 Å². The van der Waals surface area contributed by atoms with Crippen LogP contribution >= 0.6 is 11.6 Å². The lowest BCUT2D eigenvalue weighted by Gasteiger charge is -2.19. The van der Waals surface area contributed by atoms with Crippen molar-refractivity contribution in [2.75, 3.05) is 5.75 Å². The van der Waals surface area contributed by atoms with Gasteiger partial charge in [0.05, 0.1) is 17.9 Å². The zero-order chi connectivity index (χ0) is 19.7. The van der Waals surface area contributed by atoms with Crippen LogP contribution in [0.15, 0.2) is 53.0 Å². The summed E-state index contributed by atoms with van der Waals surface area (Å²) in [5, 5.41) is 9.40. The Kier molecular flexibility index (Phi) is 5.39. The number of aryl methyl sites for hydroxylation is 1. The van der Waals surface area contributed by atoms with Crippen LogP contribution in [0.4, 0.5) is 5.69 Å². The minimum Gasteiger partial charge on any atom is -0.248 e. The van der Waals surface area contributed by atoms with Gasteiger partial charge < -0.3 is 0 Å². The van der Waals surface area contributed by atoms with E-state index in [2.05, 4.69) is 67.6 Å². The molecule has 1 atom stereocenters. The third-order valence-electron chi connectivity index (χ3n) is 4.94. The normalized spacial score (nSPS) is 16.1. The molecular weight excluding hydrogens is 388 g/mol. The summed E-state index contributed by atoms with van der Waals surface area (Å²) in [7, 11) is 0.0169. The predicted molar refractivity (Wildman–Crippen MR) is 117 cm³/mol. The predicted octanol–water partition coefficient (Wildman–Crippen LogP) is 5.47. The molecule has 1 unspecified atom stereocenters. The molecule has 1 aliphatic rings. The van der Waals surface area contributed by atoms with Crippen LogP contribution in [0.25, 0.3) is 0 Å². The summed E-state index contributed by atoms with van der Waals surface area (Å²) in [4.78, 5) is 0. The maximum Gasteiger partial charge on any atom is 0.0835 e. The molecule has 0 aliphatic carbocycles. The SMILES string of the molecule is CC(C)(C)c1ccc(Cn2cc(CCS3=Nc4cc(Cl)ccc4C3)nn2)cc1. The summed E-state index contributed by atoms with van der Waals surface area (Å²) in [5.74, 6) is 2.02. The van der Waals surface area contributed by atoms with Crippen molar-refractivity contribution >= 4 is 28.0 Å². The van der Waals surface area contributed by atoms with Crippen LogP contribution in [0.5, 0.6) is 0 Å². The van der Waals surface area contributed by atoms with Gasteiger partial charge in [0.25, 0.3) is 0 Å². The van der Waals surface area contributed by atoms with Crippen molar-refractivity contribution < 1.29 is 0 Å². The van der Waals surface area contributed by atoms with Crippen molar-refractivity contribution in [3.63, 3.8) is 0 Å². The first kappa shape index (κ1) is 19.3. The van der Waals surface area contributed by atoms with Gasteiger partial charge in [-0.25, -0.2) is 9.04 Å². The van der Waals surface area contributed by atoms with E-state index in [0.29, 0.717) is 0 Å². The van der Waals surface area contributed by atoms with Gasteiger partial charge in [-0.05, 0) is 34.2 Å². The van der Waals surface area contributed by atoms with Crippen molar-refractivity contribution in [3.05, 3.63) is 76.1 Å². The van der Waals surface area contributed by atoms with E-state index in [4.69, 9.17) is 16.0 Å². The monoisotopic (exact) mass is 412 g/mol. The van der Waals surface area contributed by atoms with Crippen molar-refractivity contribution in [2.24, 2.45) is 4.36 Å². The Morgan fingerprint density at radius 1 is 1.11 bits per heavy atom. The fourth-order valence-corrected chi connectivity index (χ4v) is 5.23. The first-order valence-electron chi connectivity index (χ1n) is 9.53. The van der Waals surface area contributed by atoms with Crippen molar-refractivity contribution in [1.29, 1.82) is 0 Å². The number of halogens is 1. The molecule has 0 amide bonds. The molecular formula is C22H25ClN4S. The number of fused-ring (bicyclic) bond motifs is 1. The Labute approximate surface area is 174 Å². The number of nitrogens with zero attached hydrogens (tertiary/aromatic N) is 4. The summed E-state index contributed by atoms with van der Waals surface area (Å²) in [6, 6.07) is 14.8. The molecule has 2 aromatic carbocycles. The molecule has 0 N–H and O–H groups in total. The molecule has 1 aromatic heterocycles. The average molecular weight is 413 g/mol. The third-order valence-corrected chi connectivity index (χ3v) is 6.95. The Bertz CT molecular complexity index is 1020. The molecule has 1 aliphatic heterocycles. The topological polar surface area (TPSA) is 43.1 Å². The van der Waals surface area contributed by atoms with E-state index in [-0.39, 0.29) is 16.1 Å². The molecule has 3 aromatic rings. The molecule has 0 spiro atoms. The standard InChI is InChI=1S/C22H25ClN4S/c1-22(2,3)18-7-4-16(5-8-18)13-27-14-20(24-26-27)10-11-28-15-17-6-9-19(23)12-21(17)25-28/h4-9,12,14H,10-11,13,15H2,1-3H3. The number of aromatic nitrogens is 3. The van der Waals surface area contributed by atoms with Gasteiger partial charge in [-0.1, -0.05) is 78.6 Å². The van der Waals surface area contributed by atoms with Crippen molar-refractivity contribution in [1.82, 2.24) is 15.0 Å². The van der Waals surface area contributed by atoms with Gasteiger partial charge in [0.15, 0.2) is 0 Å². The highest BCUT2D eigenvalue weighted by molar-refractivity contribution is 7.86. The second-order valence-electron chi connectivity index (χ2n) is 8.28. The van der Waals surface area contributed by atoms with Gasteiger partial charge in [-0.15, -0.1) is 5.10 Å². The van der Waals surface area contributed by atoms with Crippen molar-refractivity contribution in [2.45, 2.75) is 44.9 Å². The van der Waals surface area contributed by atoms with Crippen LogP contribution in [-0.4, -0.2) is 20.7 Å². The van der Waals surface area contributed by atoms with Gasteiger partial charge >= 0.3 is 0 Å². The van der Waals surface area contributed by atoms with Crippen molar-refractivity contribution in [3.8, 4) is 0 Å². The number of benzene rings is 2. The maximum atomic E-state index is 6.07. The molecule has 146 valence electrons. The van der Waals surface area contributed by atoms with E-state index in [1.54, 1.807) is 0 Å². The van der Waals surface area contributed by atoms with E-state index >= 15 is 0 Å². The third kappa shape index (κ3) is 4.53. The van der Waals surface area contributed by atoms with E-state index < -0.39 is 0 Å². The Balaban J connectivity index is 1.34. The van der Waals surface area contributed by atoms with Crippen LogP contribution < -0.4 is 0 Å². The molecule has 28 heavy (non-hydrogen) atoms. The summed E-state index contributed by atoms with van der Waals surface area (Å²) < 4.78 is 6.74. The molecule has 0 saturated heterocycles. The fourth-order valence-electron chi connectivity index (χ4n) is 3.26. The Hall–Kier alpha value is -1.98. The molecule has 6 heteroatoms. The highest BCUT2D eigenvalue weighted by atomic mass is 35.5. The lowest BCUT2D eigenvalue weighted by molar-refractivity contribution is 0.589. The summed E-state index contributed by atoms with van der Waals surface area (Å²) in [5.41, 5.74) is 6.15. The smallest absolute Gasteiger partial charge is 0.0835 e. The van der Waals surface area contributed by atoms with Gasteiger partial charge in [-0.3, -0.25) is 0 Å².